The Labute approximate surface area is 300 Å². The summed E-state index contributed by atoms with van der Waals surface area (Å²) < 4.78 is 12.9. The third kappa shape index (κ3) is 6.38. The van der Waals surface area contributed by atoms with Gasteiger partial charge in [-0.2, -0.15) is 0 Å². The minimum Gasteiger partial charge on any atom is -0.455 e. The van der Waals surface area contributed by atoms with Crippen LogP contribution in [-0.2, 0) is 28.7 Å². The van der Waals surface area contributed by atoms with Crippen molar-refractivity contribution in [2.75, 3.05) is 24.6 Å². The fourth-order valence-corrected chi connectivity index (χ4v) is 8.85. The maximum Gasteiger partial charge on any atom is 0.313 e. The second-order valence-electron chi connectivity index (χ2n) is 13.1. The molecule has 0 aromatic heterocycles. The van der Waals surface area contributed by atoms with Crippen molar-refractivity contribution in [1.29, 1.82) is 0 Å². The summed E-state index contributed by atoms with van der Waals surface area (Å²) in [7, 11) is 0. The van der Waals surface area contributed by atoms with Gasteiger partial charge in [-0.05, 0) is 48.2 Å². The minimum atomic E-state index is -1.35. The Hall–Kier alpha value is -4.32. The SMILES string of the molecule is C=CCCC(=O)N[C@H](C)[C@@H](OC(=O)[C@H]1[C@@H]2O[C@@]3(CC2Br)[C@@H]1C(=O)N(CCO)[C@@H]3C(=O)N(CC=C)c1ccc2ccccc2c1)c1ccccc1. The number of carbonyl (C=O) groups is 4. The summed E-state index contributed by atoms with van der Waals surface area (Å²) in [5, 5.41) is 15.0. The highest BCUT2D eigenvalue weighted by Crippen LogP contribution is 2.60. The minimum absolute atomic E-state index is 0.115. The smallest absolute Gasteiger partial charge is 0.313 e. The quantitative estimate of drug-likeness (QED) is 0.137. The van der Waals surface area contributed by atoms with Crippen molar-refractivity contribution in [2.45, 2.75) is 60.9 Å². The number of esters is 1. The van der Waals surface area contributed by atoms with E-state index < -0.39 is 59.5 Å². The second kappa shape index (κ2) is 14.9. The van der Waals surface area contributed by atoms with Gasteiger partial charge < -0.3 is 29.7 Å². The first-order valence-corrected chi connectivity index (χ1v) is 17.9. The molecule has 262 valence electrons. The molecule has 3 amide bonds. The third-order valence-electron chi connectivity index (χ3n) is 10.0. The predicted octanol–water partition coefficient (Wildman–Crippen LogP) is 4.85. The van der Waals surface area contributed by atoms with Crippen LogP contribution in [0.4, 0.5) is 5.69 Å². The molecule has 3 heterocycles. The van der Waals surface area contributed by atoms with E-state index >= 15 is 0 Å². The van der Waals surface area contributed by atoms with E-state index in [1.54, 1.807) is 24.0 Å². The summed E-state index contributed by atoms with van der Waals surface area (Å²) in [5.74, 6) is -3.76. The zero-order valence-electron chi connectivity index (χ0n) is 28.0. The van der Waals surface area contributed by atoms with Gasteiger partial charge >= 0.3 is 5.97 Å². The number of nitrogens with zero attached hydrogens (tertiary/aromatic N) is 2. The highest BCUT2D eigenvalue weighted by molar-refractivity contribution is 9.09. The largest absolute Gasteiger partial charge is 0.455 e. The van der Waals surface area contributed by atoms with Crippen LogP contribution < -0.4 is 10.2 Å². The summed E-state index contributed by atoms with van der Waals surface area (Å²) in [6.07, 6.45) is 2.72. The topological polar surface area (TPSA) is 125 Å². The number of rotatable bonds is 14. The zero-order valence-corrected chi connectivity index (χ0v) is 29.5. The number of allylic oxidation sites excluding steroid dienone is 1. The van der Waals surface area contributed by atoms with Crippen LogP contribution in [0.3, 0.4) is 0 Å². The molecular formula is C39H42BrN3O7. The summed E-state index contributed by atoms with van der Waals surface area (Å²) in [4.78, 5) is 58.8. The van der Waals surface area contributed by atoms with E-state index in [1.807, 2.05) is 72.8 Å². The Kier molecular flexibility index (Phi) is 10.6. The summed E-state index contributed by atoms with van der Waals surface area (Å²) in [5.41, 5.74) is -0.0530. The van der Waals surface area contributed by atoms with Crippen LogP contribution in [0.1, 0.15) is 37.9 Å². The second-order valence-corrected chi connectivity index (χ2v) is 14.3. The molecule has 2 N–H and O–H groups in total. The standard InChI is InChI=1S/C39H42BrN3O7/c1-4-6-16-30(45)41-24(3)33(26-13-8-7-9-14-26)49-38(48)31-32-36(46)43(20-21-44)35(39(32)23-29(40)34(31)50-39)37(47)42(19-5-2)28-18-17-25-12-10-11-15-27(25)22-28/h4-5,7-15,17-18,22,24,29,31-35,44H,1-2,6,16,19-21,23H2,3H3,(H,41,45)/t24-,29?,31-,32+,33-,34-,35-,39+/m1/s1. The number of benzene rings is 3. The number of alkyl halides is 1. The van der Waals surface area contributed by atoms with E-state index in [-0.39, 0.29) is 36.9 Å². The number of halogens is 1. The zero-order chi connectivity index (χ0) is 35.6. The fourth-order valence-electron chi connectivity index (χ4n) is 7.91. The van der Waals surface area contributed by atoms with Gasteiger partial charge in [0.05, 0.1) is 30.6 Å². The van der Waals surface area contributed by atoms with E-state index in [9.17, 15) is 24.3 Å². The van der Waals surface area contributed by atoms with E-state index in [4.69, 9.17) is 9.47 Å². The molecule has 0 aliphatic carbocycles. The van der Waals surface area contributed by atoms with Crippen LogP contribution in [0.15, 0.2) is 98.1 Å². The first-order chi connectivity index (χ1) is 24.1. The molecule has 6 rings (SSSR count). The molecule has 3 aliphatic heterocycles. The highest BCUT2D eigenvalue weighted by Gasteiger charge is 2.77. The molecule has 2 bridgehead atoms. The van der Waals surface area contributed by atoms with Gasteiger partial charge in [-0.3, -0.25) is 19.2 Å². The predicted molar refractivity (Wildman–Crippen MR) is 193 cm³/mol. The van der Waals surface area contributed by atoms with Gasteiger partial charge in [0.15, 0.2) is 0 Å². The average Bonchev–Trinajstić information content (AvgIpc) is 3.71. The normalized spacial score (nSPS) is 26.3. The molecule has 50 heavy (non-hydrogen) atoms. The lowest BCUT2D eigenvalue weighted by molar-refractivity contribution is -0.162. The van der Waals surface area contributed by atoms with Gasteiger partial charge in [0.2, 0.25) is 11.8 Å². The lowest BCUT2D eigenvalue weighted by Gasteiger charge is -2.37. The van der Waals surface area contributed by atoms with Crippen LogP contribution in [0.5, 0.6) is 0 Å². The van der Waals surface area contributed by atoms with E-state index in [1.165, 1.54) is 4.90 Å². The number of hydrogen-bond donors (Lipinski definition) is 2. The molecule has 3 saturated heterocycles. The Bertz CT molecular complexity index is 1790. The Balaban J connectivity index is 1.33. The Morgan fingerprint density at radius 2 is 1.82 bits per heavy atom. The van der Waals surface area contributed by atoms with Crippen LogP contribution in [0.2, 0.25) is 0 Å². The molecule has 3 aliphatic rings. The number of anilines is 1. The lowest BCUT2D eigenvalue weighted by atomic mass is 9.70. The van der Waals surface area contributed by atoms with Gasteiger partial charge in [-0.15, -0.1) is 13.2 Å². The van der Waals surface area contributed by atoms with Gasteiger partial charge in [0.1, 0.15) is 17.7 Å². The molecule has 1 unspecified atom stereocenters. The van der Waals surface area contributed by atoms with Crippen molar-refractivity contribution in [3.8, 4) is 0 Å². The lowest BCUT2D eigenvalue weighted by Crippen LogP contribution is -2.57. The van der Waals surface area contributed by atoms with Crippen molar-refractivity contribution in [1.82, 2.24) is 10.2 Å². The molecule has 11 heteroatoms. The number of hydrogen-bond acceptors (Lipinski definition) is 7. The number of ether oxygens (including phenoxy) is 2. The Morgan fingerprint density at radius 1 is 1.10 bits per heavy atom. The van der Waals surface area contributed by atoms with Gasteiger partial charge in [-0.1, -0.05) is 88.7 Å². The molecule has 3 aromatic rings. The van der Waals surface area contributed by atoms with Crippen molar-refractivity contribution < 1.29 is 33.8 Å². The number of β-amino-alcohol motifs (C(OH)–C–C–N with tert-alkyl or cyclic N) is 1. The number of aliphatic hydroxyl groups is 1. The molecule has 3 fully saturated rings. The van der Waals surface area contributed by atoms with Crippen molar-refractivity contribution in [3.05, 3.63) is 104 Å². The molecule has 0 saturated carbocycles. The summed E-state index contributed by atoms with van der Waals surface area (Å²) in [6, 6.07) is 20.9. The number of likely N-dealkylation sites (tertiary alicyclic amines) is 1. The van der Waals surface area contributed by atoms with Crippen LogP contribution in [0, 0.1) is 11.8 Å². The summed E-state index contributed by atoms with van der Waals surface area (Å²) >= 11 is 3.71. The van der Waals surface area contributed by atoms with Gasteiger partial charge in [0, 0.05) is 30.0 Å². The van der Waals surface area contributed by atoms with Crippen LogP contribution >= 0.6 is 15.9 Å². The molecule has 10 nitrogen and oxygen atoms in total. The molecule has 0 radical (unpaired) electrons. The number of fused-ring (bicyclic) bond motifs is 2. The average molecular weight is 745 g/mol. The number of amides is 3. The number of carbonyl (C=O) groups excluding carboxylic acids is 4. The van der Waals surface area contributed by atoms with E-state index in [2.05, 4.69) is 34.4 Å². The Morgan fingerprint density at radius 3 is 2.52 bits per heavy atom. The number of nitrogens with one attached hydrogen (secondary N) is 1. The van der Waals surface area contributed by atoms with Crippen LogP contribution in [0.25, 0.3) is 10.8 Å². The molecule has 3 aromatic carbocycles. The van der Waals surface area contributed by atoms with E-state index in [0.29, 0.717) is 24.1 Å². The molecule has 8 atom stereocenters. The molecular weight excluding hydrogens is 702 g/mol. The van der Waals surface area contributed by atoms with Crippen molar-refractivity contribution >= 4 is 56.1 Å². The first-order valence-electron chi connectivity index (χ1n) is 16.9. The van der Waals surface area contributed by atoms with Crippen molar-refractivity contribution in [2.24, 2.45) is 11.8 Å². The van der Waals surface area contributed by atoms with Crippen molar-refractivity contribution in [3.63, 3.8) is 0 Å². The summed E-state index contributed by atoms with van der Waals surface area (Å²) in [6.45, 7) is 8.99. The van der Waals surface area contributed by atoms with E-state index in [0.717, 1.165) is 10.8 Å². The molecule has 1 spiro atoms. The maximum atomic E-state index is 14.8. The highest BCUT2D eigenvalue weighted by atomic mass is 79.9. The van der Waals surface area contributed by atoms with Crippen LogP contribution in [-0.4, -0.2) is 82.0 Å². The van der Waals surface area contributed by atoms with Gasteiger partial charge in [-0.25, -0.2) is 0 Å². The monoisotopic (exact) mass is 743 g/mol. The fraction of sp³-hybridized carbons (Fsp3) is 0.385. The number of aliphatic hydroxyl groups excluding tert-OH is 1. The third-order valence-corrected chi connectivity index (χ3v) is 10.9. The van der Waals surface area contributed by atoms with Gasteiger partial charge in [0.25, 0.3) is 5.91 Å². The maximum absolute atomic E-state index is 14.8. The first kappa shape index (κ1) is 35.5.